The minimum Gasteiger partial charge on any atom is -0.497 e. The maximum Gasteiger partial charge on any atom is 0.305 e. The average Bonchev–Trinajstić information content (AvgIpc) is 2.78. The Hall–Kier alpha value is -3.58. The first-order chi connectivity index (χ1) is 14.9. The van der Waals surface area contributed by atoms with Gasteiger partial charge in [-0.2, -0.15) is 0 Å². The summed E-state index contributed by atoms with van der Waals surface area (Å²) in [7, 11) is 3.06. The van der Waals surface area contributed by atoms with Gasteiger partial charge in [-0.15, -0.1) is 0 Å². The predicted octanol–water partition coefficient (Wildman–Crippen LogP) is 4.37. The van der Waals surface area contributed by atoms with Gasteiger partial charge in [-0.3, -0.25) is 9.59 Å². The summed E-state index contributed by atoms with van der Waals surface area (Å²) >= 11 is 6.22. The van der Waals surface area contributed by atoms with Gasteiger partial charge in [0.05, 0.1) is 32.2 Å². The molecule has 3 rings (SSSR count). The molecule has 0 aliphatic carbocycles. The van der Waals surface area contributed by atoms with Gasteiger partial charge in [0.1, 0.15) is 5.75 Å². The van der Waals surface area contributed by atoms with E-state index in [4.69, 9.17) is 21.1 Å². The lowest BCUT2D eigenvalue weighted by atomic mass is 10.0. The molecule has 0 bridgehead atoms. The second-order valence-corrected chi connectivity index (χ2v) is 7.07. The van der Waals surface area contributed by atoms with E-state index in [2.05, 4.69) is 10.3 Å². The maximum absolute atomic E-state index is 13.0. The molecule has 1 unspecified atom stereocenters. The third kappa shape index (κ3) is 5.32. The number of benzene rings is 2. The zero-order valence-corrected chi connectivity index (χ0v) is 17.7. The summed E-state index contributed by atoms with van der Waals surface area (Å²) < 4.78 is 10.6. The lowest BCUT2D eigenvalue weighted by molar-refractivity contribution is -0.137. The van der Waals surface area contributed by atoms with Crippen LogP contribution in [0.1, 0.15) is 28.4 Å². The molecule has 1 amide bonds. The predicted molar refractivity (Wildman–Crippen MR) is 117 cm³/mol. The Morgan fingerprint density at radius 2 is 1.87 bits per heavy atom. The number of methoxy groups -OCH3 is 2. The smallest absolute Gasteiger partial charge is 0.305 e. The Morgan fingerprint density at radius 1 is 1.10 bits per heavy atom. The molecule has 7 nitrogen and oxygen atoms in total. The van der Waals surface area contributed by atoms with E-state index in [0.29, 0.717) is 27.8 Å². The number of amides is 1. The SMILES string of the molecule is COc1cccc(-c2cc(C(=O)NC(CC(=O)O)c3ccccc3Cl)cnc2OC)c1. The Bertz CT molecular complexity index is 1100. The molecule has 8 heteroatoms. The van der Waals surface area contributed by atoms with Gasteiger partial charge in [0, 0.05) is 16.8 Å². The van der Waals surface area contributed by atoms with Crippen molar-refractivity contribution in [3.8, 4) is 22.8 Å². The van der Waals surface area contributed by atoms with Gasteiger partial charge in [-0.25, -0.2) is 4.98 Å². The summed E-state index contributed by atoms with van der Waals surface area (Å²) in [5, 5.41) is 12.4. The van der Waals surface area contributed by atoms with Crippen molar-refractivity contribution >= 4 is 23.5 Å². The molecule has 160 valence electrons. The molecule has 31 heavy (non-hydrogen) atoms. The van der Waals surface area contributed by atoms with Gasteiger partial charge in [0.25, 0.3) is 5.91 Å². The van der Waals surface area contributed by atoms with Crippen LogP contribution in [-0.2, 0) is 4.79 Å². The van der Waals surface area contributed by atoms with E-state index in [1.54, 1.807) is 49.6 Å². The number of pyridine rings is 1. The van der Waals surface area contributed by atoms with Crippen LogP contribution in [0, 0.1) is 0 Å². The number of carboxylic acid groups (broad SMARTS) is 1. The summed E-state index contributed by atoms with van der Waals surface area (Å²) in [5.41, 5.74) is 2.13. The van der Waals surface area contributed by atoms with Gasteiger partial charge in [-0.05, 0) is 35.4 Å². The summed E-state index contributed by atoms with van der Waals surface area (Å²) in [5.74, 6) is -0.548. The number of aliphatic carboxylic acids is 1. The first-order valence-corrected chi connectivity index (χ1v) is 9.76. The number of rotatable bonds is 8. The van der Waals surface area contributed by atoms with Gasteiger partial charge in [0.15, 0.2) is 0 Å². The van der Waals surface area contributed by atoms with E-state index in [1.165, 1.54) is 13.3 Å². The third-order valence-corrected chi connectivity index (χ3v) is 5.00. The van der Waals surface area contributed by atoms with Gasteiger partial charge in [0.2, 0.25) is 5.88 Å². The molecule has 0 fully saturated rings. The number of carboxylic acids is 1. The molecule has 0 spiro atoms. The molecule has 1 atom stereocenters. The van der Waals surface area contributed by atoms with Crippen molar-refractivity contribution in [3.05, 3.63) is 76.9 Å². The summed E-state index contributed by atoms with van der Waals surface area (Å²) in [6.45, 7) is 0. The second kappa shape index (κ2) is 9.95. The van der Waals surface area contributed by atoms with Crippen LogP contribution in [0.2, 0.25) is 5.02 Å². The number of hydrogen-bond acceptors (Lipinski definition) is 5. The summed E-state index contributed by atoms with van der Waals surface area (Å²) in [6, 6.07) is 14.9. The average molecular weight is 441 g/mol. The molecule has 2 aromatic carbocycles. The van der Waals surface area contributed by atoms with Crippen LogP contribution in [0.4, 0.5) is 0 Å². The van der Waals surface area contributed by atoms with Crippen molar-refractivity contribution in [1.82, 2.24) is 10.3 Å². The summed E-state index contributed by atoms with van der Waals surface area (Å²) in [4.78, 5) is 28.6. The molecule has 0 aliphatic heterocycles. The third-order valence-electron chi connectivity index (χ3n) is 4.65. The molecule has 3 aromatic rings. The normalized spacial score (nSPS) is 11.5. The van der Waals surface area contributed by atoms with Crippen molar-refractivity contribution < 1.29 is 24.2 Å². The molecule has 0 saturated carbocycles. The number of carbonyl (C=O) groups is 2. The Morgan fingerprint density at radius 3 is 2.55 bits per heavy atom. The fourth-order valence-corrected chi connectivity index (χ4v) is 3.42. The van der Waals surface area contributed by atoms with Gasteiger partial charge >= 0.3 is 5.97 Å². The topological polar surface area (TPSA) is 97.8 Å². The van der Waals surface area contributed by atoms with Gasteiger partial charge < -0.3 is 19.9 Å². The zero-order chi connectivity index (χ0) is 22.4. The highest BCUT2D eigenvalue weighted by Gasteiger charge is 2.22. The van der Waals surface area contributed by atoms with Crippen molar-refractivity contribution in [2.24, 2.45) is 0 Å². The number of nitrogens with zero attached hydrogens (tertiary/aromatic N) is 1. The van der Waals surface area contributed by atoms with Crippen LogP contribution in [0.25, 0.3) is 11.1 Å². The highest BCUT2D eigenvalue weighted by atomic mass is 35.5. The first-order valence-electron chi connectivity index (χ1n) is 9.38. The standard InChI is InChI=1S/C23H21ClN2O5/c1-30-16-7-5-6-14(10-16)18-11-15(13-25-23(18)31-2)22(29)26-20(12-21(27)28)17-8-3-4-9-19(17)24/h3-11,13,20H,12H2,1-2H3,(H,26,29)(H,27,28). The van der Waals surface area contributed by atoms with Crippen LogP contribution in [0.3, 0.4) is 0 Å². The lowest BCUT2D eigenvalue weighted by Gasteiger charge is -2.19. The van der Waals surface area contributed by atoms with Crippen molar-refractivity contribution in [1.29, 1.82) is 0 Å². The number of ether oxygens (including phenoxy) is 2. The summed E-state index contributed by atoms with van der Waals surface area (Å²) in [6.07, 6.45) is 1.06. The monoisotopic (exact) mass is 440 g/mol. The molecule has 1 aromatic heterocycles. The molecule has 1 heterocycles. The Labute approximate surface area is 184 Å². The minimum absolute atomic E-state index is 0.251. The second-order valence-electron chi connectivity index (χ2n) is 6.66. The largest absolute Gasteiger partial charge is 0.497 e. The van der Waals surface area contributed by atoms with E-state index in [1.807, 2.05) is 12.1 Å². The van der Waals surface area contributed by atoms with Crippen molar-refractivity contribution in [2.45, 2.75) is 12.5 Å². The first kappa shape index (κ1) is 22.1. The maximum atomic E-state index is 13.0. The number of nitrogens with one attached hydrogen (secondary N) is 1. The highest BCUT2D eigenvalue weighted by Crippen LogP contribution is 2.31. The number of carbonyl (C=O) groups excluding carboxylic acids is 1. The van der Waals surface area contributed by atoms with Crippen LogP contribution in [0.15, 0.2) is 60.8 Å². The quantitative estimate of drug-likeness (QED) is 0.540. The van der Waals surface area contributed by atoms with Crippen LogP contribution >= 0.6 is 11.6 Å². The Balaban J connectivity index is 1.95. The van der Waals surface area contributed by atoms with E-state index < -0.39 is 17.9 Å². The fourth-order valence-electron chi connectivity index (χ4n) is 3.15. The molecular formula is C23H21ClN2O5. The molecule has 2 N–H and O–H groups in total. The van der Waals surface area contributed by atoms with Crippen molar-refractivity contribution in [2.75, 3.05) is 14.2 Å². The van der Waals surface area contributed by atoms with E-state index in [-0.39, 0.29) is 12.0 Å². The van der Waals surface area contributed by atoms with Crippen LogP contribution in [0.5, 0.6) is 11.6 Å². The molecule has 0 aliphatic rings. The van der Waals surface area contributed by atoms with E-state index >= 15 is 0 Å². The van der Waals surface area contributed by atoms with E-state index in [0.717, 1.165) is 5.56 Å². The molecule has 0 saturated heterocycles. The lowest BCUT2D eigenvalue weighted by Crippen LogP contribution is -2.30. The minimum atomic E-state index is -1.06. The van der Waals surface area contributed by atoms with Crippen LogP contribution in [-0.4, -0.2) is 36.2 Å². The number of halogens is 1. The number of aromatic nitrogens is 1. The fraction of sp³-hybridized carbons (Fsp3) is 0.174. The van der Waals surface area contributed by atoms with Gasteiger partial charge in [-0.1, -0.05) is 41.9 Å². The Kier molecular flexibility index (Phi) is 7.10. The van der Waals surface area contributed by atoms with Crippen molar-refractivity contribution in [3.63, 3.8) is 0 Å². The zero-order valence-electron chi connectivity index (χ0n) is 17.0. The van der Waals surface area contributed by atoms with Crippen LogP contribution < -0.4 is 14.8 Å². The van der Waals surface area contributed by atoms with E-state index in [9.17, 15) is 14.7 Å². The highest BCUT2D eigenvalue weighted by molar-refractivity contribution is 6.31. The number of hydrogen-bond donors (Lipinski definition) is 2. The molecule has 0 radical (unpaired) electrons. The molecular weight excluding hydrogens is 420 g/mol.